The van der Waals surface area contributed by atoms with Gasteiger partial charge in [0.1, 0.15) is 5.82 Å². The number of carbonyl (C=O) groups is 1. The average Bonchev–Trinajstić information content (AvgIpc) is 2.39. The number of rotatable bonds is 3. The maximum atomic E-state index is 12.7. The highest BCUT2D eigenvalue weighted by atomic mass is 32.2. The second-order valence-electron chi connectivity index (χ2n) is 3.69. The molecule has 1 amide bonds. The fourth-order valence-corrected chi connectivity index (χ4v) is 1.96. The highest BCUT2D eigenvalue weighted by Crippen LogP contribution is 2.19. The minimum atomic E-state index is -0.351. The summed E-state index contributed by atoms with van der Waals surface area (Å²) in [7, 11) is 0. The Morgan fingerprint density at radius 2 is 1.89 bits per heavy atom. The van der Waals surface area contributed by atoms with E-state index in [9.17, 15) is 9.18 Å². The molecule has 0 aromatic heterocycles. The standard InChI is InChI=1S/C14H12FNOS/c1-18-13-4-2-3-12(9-13)16-14(17)10-5-7-11(15)8-6-10/h2-9H,1H3,(H,16,17). The third-order valence-corrected chi connectivity index (χ3v) is 3.16. The van der Waals surface area contributed by atoms with Crippen molar-refractivity contribution in [2.24, 2.45) is 0 Å². The van der Waals surface area contributed by atoms with Gasteiger partial charge in [0.2, 0.25) is 0 Å². The zero-order chi connectivity index (χ0) is 13.0. The summed E-state index contributed by atoms with van der Waals surface area (Å²) in [6, 6.07) is 13.0. The van der Waals surface area contributed by atoms with E-state index in [2.05, 4.69) is 5.32 Å². The smallest absolute Gasteiger partial charge is 0.255 e. The lowest BCUT2D eigenvalue weighted by Gasteiger charge is -2.06. The molecule has 0 saturated heterocycles. The Morgan fingerprint density at radius 1 is 1.17 bits per heavy atom. The van der Waals surface area contributed by atoms with Crippen molar-refractivity contribution in [1.29, 1.82) is 0 Å². The van der Waals surface area contributed by atoms with Crippen LogP contribution in [0.15, 0.2) is 53.4 Å². The van der Waals surface area contributed by atoms with Gasteiger partial charge >= 0.3 is 0 Å². The minimum Gasteiger partial charge on any atom is -0.322 e. The van der Waals surface area contributed by atoms with Crippen molar-refractivity contribution in [3.63, 3.8) is 0 Å². The van der Waals surface area contributed by atoms with Crippen LogP contribution in [0, 0.1) is 5.82 Å². The zero-order valence-electron chi connectivity index (χ0n) is 9.81. The number of thioether (sulfide) groups is 1. The van der Waals surface area contributed by atoms with Gasteiger partial charge in [-0.1, -0.05) is 6.07 Å². The Kier molecular flexibility index (Phi) is 3.99. The van der Waals surface area contributed by atoms with Gasteiger partial charge in [-0.3, -0.25) is 4.79 Å². The van der Waals surface area contributed by atoms with Crippen LogP contribution in [-0.2, 0) is 0 Å². The van der Waals surface area contributed by atoms with Crippen LogP contribution in [0.1, 0.15) is 10.4 Å². The third-order valence-electron chi connectivity index (χ3n) is 2.43. The summed E-state index contributed by atoms with van der Waals surface area (Å²) in [6.07, 6.45) is 1.97. The van der Waals surface area contributed by atoms with Crippen LogP contribution in [0.4, 0.5) is 10.1 Å². The molecule has 0 heterocycles. The van der Waals surface area contributed by atoms with E-state index in [0.717, 1.165) is 10.6 Å². The molecule has 92 valence electrons. The topological polar surface area (TPSA) is 29.1 Å². The normalized spacial score (nSPS) is 10.1. The predicted molar refractivity (Wildman–Crippen MR) is 72.6 cm³/mol. The first-order valence-electron chi connectivity index (χ1n) is 5.40. The van der Waals surface area contributed by atoms with Crippen molar-refractivity contribution in [2.45, 2.75) is 4.90 Å². The van der Waals surface area contributed by atoms with Crippen molar-refractivity contribution in [1.82, 2.24) is 0 Å². The Hall–Kier alpha value is -1.81. The van der Waals surface area contributed by atoms with Gasteiger partial charge in [0.15, 0.2) is 0 Å². The molecular formula is C14H12FNOS. The number of carbonyl (C=O) groups excluding carboxylic acids is 1. The number of nitrogens with one attached hydrogen (secondary N) is 1. The van der Waals surface area contributed by atoms with E-state index in [1.165, 1.54) is 24.3 Å². The molecule has 4 heteroatoms. The van der Waals surface area contributed by atoms with Gasteiger partial charge in [-0.05, 0) is 48.7 Å². The van der Waals surface area contributed by atoms with Gasteiger partial charge in [0, 0.05) is 16.1 Å². The Bertz CT molecular complexity index is 554. The van der Waals surface area contributed by atoms with E-state index in [4.69, 9.17) is 0 Å². The molecule has 2 rings (SSSR count). The van der Waals surface area contributed by atoms with E-state index in [0.29, 0.717) is 5.56 Å². The highest BCUT2D eigenvalue weighted by molar-refractivity contribution is 7.98. The Balaban J connectivity index is 2.13. The Labute approximate surface area is 109 Å². The predicted octanol–water partition coefficient (Wildman–Crippen LogP) is 3.80. The van der Waals surface area contributed by atoms with Gasteiger partial charge in [0.05, 0.1) is 0 Å². The molecule has 2 nitrogen and oxygen atoms in total. The number of hydrogen-bond donors (Lipinski definition) is 1. The lowest BCUT2D eigenvalue weighted by Crippen LogP contribution is -2.11. The number of benzene rings is 2. The highest BCUT2D eigenvalue weighted by Gasteiger charge is 2.06. The zero-order valence-corrected chi connectivity index (χ0v) is 10.6. The summed E-state index contributed by atoms with van der Waals surface area (Å²) in [6.45, 7) is 0. The van der Waals surface area contributed by atoms with Crippen LogP contribution < -0.4 is 5.32 Å². The molecule has 0 saturated carbocycles. The van der Waals surface area contributed by atoms with Gasteiger partial charge in [-0.15, -0.1) is 11.8 Å². The van der Waals surface area contributed by atoms with Gasteiger partial charge in [-0.2, -0.15) is 0 Å². The lowest BCUT2D eigenvalue weighted by molar-refractivity contribution is 0.102. The van der Waals surface area contributed by atoms with Gasteiger partial charge in [-0.25, -0.2) is 4.39 Å². The SMILES string of the molecule is CSc1cccc(NC(=O)c2ccc(F)cc2)c1. The van der Waals surface area contributed by atoms with Crippen LogP contribution in [0.5, 0.6) is 0 Å². The first-order chi connectivity index (χ1) is 8.69. The average molecular weight is 261 g/mol. The summed E-state index contributed by atoms with van der Waals surface area (Å²) >= 11 is 1.61. The number of amides is 1. The van der Waals surface area contributed by atoms with E-state index in [1.54, 1.807) is 11.8 Å². The van der Waals surface area contributed by atoms with E-state index in [1.807, 2.05) is 30.5 Å². The summed E-state index contributed by atoms with van der Waals surface area (Å²) in [4.78, 5) is 13.0. The number of halogens is 1. The monoisotopic (exact) mass is 261 g/mol. The molecule has 0 bridgehead atoms. The summed E-state index contributed by atoms with van der Waals surface area (Å²) < 4.78 is 12.7. The second-order valence-corrected chi connectivity index (χ2v) is 4.57. The lowest BCUT2D eigenvalue weighted by atomic mass is 10.2. The van der Waals surface area contributed by atoms with Crippen molar-refractivity contribution in [2.75, 3.05) is 11.6 Å². The number of hydrogen-bond acceptors (Lipinski definition) is 2. The largest absolute Gasteiger partial charge is 0.322 e. The molecule has 0 spiro atoms. The molecule has 2 aromatic rings. The van der Waals surface area contributed by atoms with Crippen molar-refractivity contribution < 1.29 is 9.18 Å². The molecule has 0 unspecified atom stereocenters. The molecule has 18 heavy (non-hydrogen) atoms. The molecule has 0 radical (unpaired) electrons. The fourth-order valence-electron chi connectivity index (χ4n) is 1.51. The summed E-state index contributed by atoms with van der Waals surface area (Å²) in [5.74, 6) is -0.593. The van der Waals surface area contributed by atoms with E-state index in [-0.39, 0.29) is 11.7 Å². The molecular weight excluding hydrogens is 249 g/mol. The maximum absolute atomic E-state index is 12.7. The molecule has 0 aliphatic rings. The van der Waals surface area contributed by atoms with Gasteiger partial charge in [0.25, 0.3) is 5.91 Å². The summed E-state index contributed by atoms with van der Waals surface area (Å²) in [5.41, 5.74) is 1.17. The van der Waals surface area contributed by atoms with Gasteiger partial charge < -0.3 is 5.32 Å². The van der Waals surface area contributed by atoms with Crippen LogP contribution in [-0.4, -0.2) is 12.2 Å². The molecule has 2 aromatic carbocycles. The number of anilines is 1. The van der Waals surface area contributed by atoms with Crippen molar-refractivity contribution in [3.05, 3.63) is 59.9 Å². The maximum Gasteiger partial charge on any atom is 0.255 e. The molecule has 0 fully saturated rings. The van der Waals surface area contributed by atoms with Crippen LogP contribution >= 0.6 is 11.8 Å². The first kappa shape index (κ1) is 12.6. The molecule has 0 atom stereocenters. The van der Waals surface area contributed by atoms with Crippen molar-refractivity contribution in [3.8, 4) is 0 Å². The molecule has 0 aliphatic heterocycles. The molecule has 0 aliphatic carbocycles. The first-order valence-corrected chi connectivity index (χ1v) is 6.62. The van der Waals surface area contributed by atoms with E-state index < -0.39 is 0 Å². The fraction of sp³-hybridized carbons (Fsp3) is 0.0714. The van der Waals surface area contributed by atoms with Crippen LogP contribution in [0.25, 0.3) is 0 Å². The second kappa shape index (κ2) is 5.69. The molecule has 1 N–H and O–H groups in total. The quantitative estimate of drug-likeness (QED) is 0.851. The van der Waals surface area contributed by atoms with Crippen molar-refractivity contribution >= 4 is 23.4 Å². The minimum absolute atomic E-state index is 0.242. The van der Waals surface area contributed by atoms with E-state index >= 15 is 0 Å². The summed E-state index contributed by atoms with van der Waals surface area (Å²) in [5, 5.41) is 2.78. The third kappa shape index (κ3) is 3.11. The Morgan fingerprint density at radius 3 is 2.56 bits per heavy atom. The van der Waals surface area contributed by atoms with Crippen LogP contribution in [0.2, 0.25) is 0 Å². The van der Waals surface area contributed by atoms with Crippen LogP contribution in [0.3, 0.4) is 0 Å².